The number of halogens is 3. The Kier molecular flexibility index (Phi) is 2.95. The third kappa shape index (κ3) is 2.11. The lowest BCUT2D eigenvalue weighted by Gasteiger charge is -2.31. The molecule has 0 radical (unpaired) electrons. The summed E-state index contributed by atoms with van der Waals surface area (Å²) in [6.45, 7) is 0.867. The molecule has 0 spiro atoms. The minimum Gasteiger partial charge on any atom is -0.332 e. The van der Waals surface area contributed by atoms with E-state index in [-0.39, 0.29) is 11.5 Å². The van der Waals surface area contributed by atoms with E-state index in [1.165, 1.54) is 12.4 Å². The van der Waals surface area contributed by atoms with Gasteiger partial charge in [0.2, 0.25) is 0 Å². The highest BCUT2D eigenvalue weighted by atomic mass is 19.4. The molecule has 0 bridgehead atoms. The van der Waals surface area contributed by atoms with Crippen LogP contribution in [0.5, 0.6) is 0 Å². The zero-order valence-electron chi connectivity index (χ0n) is 14.4. The van der Waals surface area contributed by atoms with Crippen molar-refractivity contribution in [3.63, 3.8) is 0 Å². The molecule has 0 amide bonds. The Balaban J connectivity index is 1.57. The fraction of sp³-hybridized carbons (Fsp3) is 0.333. The second-order valence-electron chi connectivity index (χ2n) is 7.07. The number of benzene rings is 1. The molecule has 0 N–H and O–H groups in total. The van der Waals surface area contributed by atoms with Gasteiger partial charge < -0.3 is 9.42 Å². The Bertz CT molecular complexity index is 1140. The number of hydrogen-bond donors (Lipinski definition) is 0. The van der Waals surface area contributed by atoms with Gasteiger partial charge in [-0.2, -0.15) is 18.2 Å². The highest BCUT2D eigenvalue weighted by molar-refractivity contribution is 6.17. The first-order chi connectivity index (χ1) is 13.5. The van der Waals surface area contributed by atoms with Crippen LogP contribution in [0, 0.1) is 0 Å². The lowest BCUT2D eigenvalue weighted by atomic mass is 10.0. The quantitative estimate of drug-likeness (QED) is 0.675. The van der Waals surface area contributed by atoms with Gasteiger partial charge in [-0.05, 0) is 25.0 Å². The maximum Gasteiger partial charge on any atom is 0.417 e. The average Bonchev–Trinajstić information content (AvgIpc) is 3.10. The van der Waals surface area contributed by atoms with Crippen molar-refractivity contribution >= 4 is 11.7 Å². The lowest BCUT2D eigenvalue weighted by Crippen LogP contribution is -2.36. The zero-order chi connectivity index (χ0) is 19.0. The molecule has 0 unspecified atom stereocenters. The smallest absolute Gasteiger partial charge is 0.332 e. The molecule has 3 aliphatic rings. The molecule has 0 saturated heterocycles. The maximum absolute atomic E-state index is 13.6. The number of aliphatic imine (C=N–C) groups is 1. The third-order valence-electron chi connectivity index (χ3n) is 5.26. The van der Waals surface area contributed by atoms with Crippen LogP contribution in [0.3, 0.4) is 0 Å². The zero-order valence-corrected chi connectivity index (χ0v) is 14.4. The van der Waals surface area contributed by atoms with Gasteiger partial charge in [-0.3, -0.25) is 9.56 Å². The number of fused-ring (bicyclic) bond motifs is 6. The van der Waals surface area contributed by atoms with Gasteiger partial charge in [0.15, 0.2) is 17.3 Å². The summed E-state index contributed by atoms with van der Waals surface area (Å²) in [5, 5.41) is 4.03. The predicted molar refractivity (Wildman–Crippen MR) is 92.6 cm³/mol. The van der Waals surface area contributed by atoms with E-state index in [4.69, 9.17) is 4.52 Å². The largest absolute Gasteiger partial charge is 0.417 e. The first-order valence-corrected chi connectivity index (χ1v) is 8.96. The van der Waals surface area contributed by atoms with E-state index in [1.54, 1.807) is 15.5 Å². The van der Waals surface area contributed by atoms with E-state index < -0.39 is 11.7 Å². The van der Waals surface area contributed by atoms with Crippen molar-refractivity contribution in [3.8, 4) is 17.3 Å². The van der Waals surface area contributed by atoms with E-state index in [1.807, 2.05) is 0 Å². The molecule has 6 rings (SSSR count). The van der Waals surface area contributed by atoms with Crippen LogP contribution in [-0.4, -0.2) is 38.6 Å². The number of hydrogen-bond acceptors (Lipinski definition) is 6. The van der Waals surface area contributed by atoms with Crippen LogP contribution in [-0.2, 0) is 6.18 Å². The van der Waals surface area contributed by atoms with Gasteiger partial charge in [-0.15, -0.1) is 0 Å². The molecule has 3 aromatic rings. The third-order valence-corrected chi connectivity index (χ3v) is 5.26. The van der Waals surface area contributed by atoms with Crippen molar-refractivity contribution in [2.75, 3.05) is 18.0 Å². The van der Waals surface area contributed by atoms with Gasteiger partial charge in [0.1, 0.15) is 12.2 Å². The van der Waals surface area contributed by atoms with Crippen LogP contribution >= 0.6 is 0 Å². The number of amidine groups is 1. The Morgan fingerprint density at radius 3 is 2.82 bits per heavy atom. The highest BCUT2D eigenvalue weighted by Gasteiger charge is 2.42. The van der Waals surface area contributed by atoms with E-state index >= 15 is 0 Å². The molecule has 7 nitrogen and oxygen atoms in total. The molecular weight excluding hydrogens is 373 g/mol. The molecule has 1 aromatic carbocycles. The van der Waals surface area contributed by atoms with Crippen LogP contribution < -0.4 is 4.90 Å². The predicted octanol–water partition coefficient (Wildman–Crippen LogP) is 3.40. The van der Waals surface area contributed by atoms with Crippen molar-refractivity contribution in [2.24, 2.45) is 4.99 Å². The fourth-order valence-electron chi connectivity index (χ4n) is 3.84. The van der Waals surface area contributed by atoms with Crippen molar-refractivity contribution in [2.45, 2.75) is 24.9 Å². The molecule has 2 aliphatic heterocycles. The van der Waals surface area contributed by atoms with Gasteiger partial charge in [0.05, 0.1) is 23.4 Å². The van der Waals surface area contributed by atoms with Crippen LogP contribution in [0.1, 0.15) is 35.7 Å². The van der Waals surface area contributed by atoms with Crippen molar-refractivity contribution in [3.05, 3.63) is 41.5 Å². The summed E-state index contributed by atoms with van der Waals surface area (Å²) in [5.41, 5.74) is 0.220. The maximum atomic E-state index is 13.6. The van der Waals surface area contributed by atoms with Crippen LogP contribution in [0.25, 0.3) is 17.3 Å². The number of aromatic nitrogens is 4. The molecule has 10 heteroatoms. The highest BCUT2D eigenvalue weighted by Crippen LogP contribution is 2.44. The van der Waals surface area contributed by atoms with Crippen LogP contribution in [0.15, 0.2) is 34.0 Å². The number of anilines is 1. The molecule has 0 atom stereocenters. The summed E-state index contributed by atoms with van der Waals surface area (Å²) in [4.78, 5) is 15.0. The molecular formula is C18H13F3N6O. The Morgan fingerprint density at radius 1 is 1.18 bits per heavy atom. The first-order valence-electron chi connectivity index (χ1n) is 8.96. The van der Waals surface area contributed by atoms with E-state index in [0.29, 0.717) is 47.9 Å². The minimum atomic E-state index is -4.48. The monoisotopic (exact) mass is 386 g/mol. The Morgan fingerprint density at radius 2 is 2.04 bits per heavy atom. The summed E-state index contributed by atoms with van der Waals surface area (Å²) < 4.78 is 47.9. The van der Waals surface area contributed by atoms with Crippen molar-refractivity contribution < 1.29 is 17.7 Å². The van der Waals surface area contributed by atoms with Gasteiger partial charge >= 0.3 is 6.18 Å². The van der Waals surface area contributed by atoms with Crippen molar-refractivity contribution in [1.29, 1.82) is 0 Å². The first kappa shape index (κ1) is 15.8. The second-order valence-corrected chi connectivity index (χ2v) is 7.07. The van der Waals surface area contributed by atoms with Crippen molar-refractivity contribution in [1.82, 2.24) is 19.7 Å². The summed E-state index contributed by atoms with van der Waals surface area (Å²) in [6, 6.07) is 4.12. The average molecular weight is 386 g/mol. The minimum absolute atomic E-state index is 0.0770. The van der Waals surface area contributed by atoms with Gasteiger partial charge in [-0.1, -0.05) is 11.2 Å². The van der Waals surface area contributed by atoms with E-state index in [0.717, 1.165) is 18.9 Å². The molecule has 2 aromatic heterocycles. The topological polar surface area (TPSA) is 72.3 Å². The second kappa shape index (κ2) is 5.21. The molecule has 4 heterocycles. The number of rotatable bonds is 2. The summed E-state index contributed by atoms with van der Waals surface area (Å²) in [7, 11) is 0. The molecule has 1 saturated carbocycles. The summed E-state index contributed by atoms with van der Waals surface area (Å²) >= 11 is 0. The van der Waals surface area contributed by atoms with Crippen LogP contribution in [0.2, 0.25) is 0 Å². The summed E-state index contributed by atoms with van der Waals surface area (Å²) in [5.74, 6) is 2.17. The van der Waals surface area contributed by atoms with Gasteiger partial charge in [0, 0.05) is 12.5 Å². The number of imidazole rings is 1. The molecule has 28 heavy (non-hydrogen) atoms. The molecule has 1 aliphatic carbocycles. The molecule has 142 valence electrons. The Hall–Kier alpha value is -3.17. The van der Waals surface area contributed by atoms with E-state index in [2.05, 4.69) is 20.1 Å². The fourth-order valence-corrected chi connectivity index (χ4v) is 3.84. The summed E-state index contributed by atoms with van der Waals surface area (Å²) in [6.07, 6.45) is -0.901. The standard InChI is InChI=1S/C18H13F3N6O/c19-18(20,21)10-2-1-3-11-12(10)15-22-6-7-26(15)17-13(23-8-27(11)17)16-24-14(25-28-16)9-4-5-9/h1-3,8-9H,4-7H2. The Labute approximate surface area is 156 Å². The number of alkyl halides is 3. The van der Waals surface area contributed by atoms with Gasteiger partial charge in [0.25, 0.3) is 5.89 Å². The lowest BCUT2D eigenvalue weighted by molar-refractivity contribution is -0.137. The van der Waals surface area contributed by atoms with Gasteiger partial charge in [-0.25, -0.2) is 4.98 Å². The van der Waals surface area contributed by atoms with Crippen LogP contribution in [0.4, 0.5) is 19.0 Å². The molecule has 1 fully saturated rings. The van der Waals surface area contributed by atoms with E-state index in [9.17, 15) is 13.2 Å². The number of nitrogens with zero attached hydrogens (tertiary/aromatic N) is 6. The SMILES string of the molecule is FC(F)(F)c1cccc2c1C1=NCCN1c1c(-c3nc(C4CC4)no3)ncn1-2. The normalized spacial score (nSPS) is 18.0.